The van der Waals surface area contributed by atoms with Gasteiger partial charge in [-0.15, -0.1) is 0 Å². The molecule has 3 heterocycles. The second-order valence-electron chi connectivity index (χ2n) is 7.13. The van der Waals surface area contributed by atoms with Crippen LogP contribution in [0.15, 0.2) is 47.5 Å². The highest BCUT2D eigenvalue weighted by atomic mass is 16.2. The Labute approximate surface area is 152 Å². The lowest BCUT2D eigenvalue weighted by Crippen LogP contribution is -2.38. The Morgan fingerprint density at radius 1 is 1.12 bits per heavy atom. The summed E-state index contributed by atoms with van der Waals surface area (Å²) in [6, 6.07) is 9.29. The van der Waals surface area contributed by atoms with Gasteiger partial charge in [-0.3, -0.25) is 9.59 Å². The highest BCUT2D eigenvalue weighted by Crippen LogP contribution is 2.25. The van der Waals surface area contributed by atoms with Gasteiger partial charge in [-0.05, 0) is 30.9 Å². The highest BCUT2D eigenvalue weighted by molar-refractivity contribution is 6.00. The fourth-order valence-electron chi connectivity index (χ4n) is 3.52. The normalized spacial score (nSPS) is 15.5. The van der Waals surface area contributed by atoms with E-state index < -0.39 is 0 Å². The molecule has 6 heteroatoms. The van der Waals surface area contributed by atoms with E-state index in [9.17, 15) is 9.59 Å². The van der Waals surface area contributed by atoms with Crippen LogP contribution in [-0.4, -0.2) is 38.2 Å². The Morgan fingerprint density at radius 2 is 1.81 bits per heavy atom. The van der Waals surface area contributed by atoms with E-state index in [2.05, 4.69) is 12.0 Å². The summed E-state index contributed by atoms with van der Waals surface area (Å²) in [7, 11) is 1.83. The van der Waals surface area contributed by atoms with Gasteiger partial charge in [-0.25, -0.2) is 0 Å². The summed E-state index contributed by atoms with van der Waals surface area (Å²) in [5, 5.41) is 4.50. The van der Waals surface area contributed by atoms with Crippen LogP contribution in [0.4, 0.5) is 0 Å². The molecule has 6 nitrogen and oxygen atoms in total. The third-order valence-corrected chi connectivity index (χ3v) is 5.10. The second kappa shape index (κ2) is 6.44. The predicted octanol–water partition coefficient (Wildman–Crippen LogP) is 2.55. The van der Waals surface area contributed by atoms with Gasteiger partial charge in [-0.1, -0.05) is 25.1 Å². The van der Waals surface area contributed by atoms with Crippen molar-refractivity contribution in [3.05, 3.63) is 58.6 Å². The number of aromatic nitrogens is 3. The summed E-state index contributed by atoms with van der Waals surface area (Å²) < 4.78 is 3.14. The number of carbonyl (C=O) groups is 1. The Morgan fingerprint density at radius 3 is 2.50 bits per heavy atom. The molecule has 0 N–H and O–H groups in total. The number of likely N-dealkylation sites (tertiary alicyclic amines) is 1. The van der Waals surface area contributed by atoms with Gasteiger partial charge in [0.05, 0.1) is 16.8 Å². The van der Waals surface area contributed by atoms with E-state index in [1.807, 2.05) is 42.3 Å². The van der Waals surface area contributed by atoms with Crippen LogP contribution in [0.25, 0.3) is 16.9 Å². The number of aryl methyl sites for hydroxylation is 1. The summed E-state index contributed by atoms with van der Waals surface area (Å²) in [5.74, 6) is 0.604. The first-order valence-corrected chi connectivity index (χ1v) is 8.98. The minimum atomic E-state index is -0.205. The fraction of sp³-hybridized carbons (Fsp3) is 0.350. The summed E-state index contributed by atoms with van der Waals surface area (Å²) in [5.41, 5.74) is 1.92. The molecule has 0 radical (unpaired) electrons. The molecule has 1 saturated heterocycles. The van der Waals surface area contributed by atoms with Crippen LogP contribution in [0.2, 0.25) is 0 Å². The molecular formula is C20H22N4O2. The molecule has 3 aliphatic rings. The minimum Gasteiger partial charge on any atom is -0.356 e. The Hall–Kier alpha value is -2.89. The third kappa shape index (κ3) is 2.81. The number of benzene rings is 1. The summed E-state index contributed by atoms with van der Waals surface area (Å²) in [6.07, 6.45) is 5.53. The molecule has 3 aliphatic heterocycles. The third-order valence-electron chi connectivity index (χ3n) is 5.10. The summed E-state index contributed by atoms with van der Waals surface area (Å²) in [6.45, 7) is 3.72. The lowest BCUT2D eigenvalue weighted by Gasteiger charge is -2.30. The van der Waals surface area contributed by atoms with Crippen molar-refractivity contribution in [2.24, 2.45) is 13.0 Å². The van der Waals surface area contributed by atoms with E-state index in [1.54, 1.807) is 17.0 Å². The van der Waals surface area contributed by atoms with Crippen LogP contribution in [0.1, 0.15) is 30.1 Å². The van der Waals surface area contributed by atoms with Crippen molar-refractivity contribution in [1.29, 1.82) is 0 Å². The number of rotatable bonds is 2. The van der Waals surface area contributed by atoms with Gasteiger partial charge in [0.1, 0.15) is 5.69 Å². The molecule has 0 saturated carbocycles. The van der Waals surface area contributed by atoms with E-state index in [1.165, 1.54) is 4.68 Å². The van der Waals surface area contributed by atoms with Gasteiger partial charge in [-0.2, -0.15) is 9.78 Å². The maximum atomic E-state index is 13.1. The van der Waals surface area contributed by atoms with E-state index in [0.717, 1.165) is 25.9 Å². The molecule has 0 atom stereocenters. The molecule has 0 bridgehead atoms. The van der Waals surface area contributed by atoms with Crippen LogP contribution < -0.4 is 5.56 Å². The molecule has 0 aliphatic carbocycles. The molecular weight excluding hydrogens is 328 g/mol. The van der Waals surface area contributed by atoms with Gasteiger partial charge in [0.15, 0.2) is 0 Å². The summed E-state index contributed by atoms with van der Waals surface area (Å²) in [4.78, 5) is 27.8. The molecule has 1 aromatic carbocycles. The standard InChI is InChI=1S/C20H22N4O2/c1-14-8-10-23(11-9-14)19(25)16-12-22(2)13-17-18(16)21-24(20(17)26)15-6-4-3-5-7-15/h3-7,12-14H,8-11H2,1-2H3. The first kappa shape index (κ1) is 16.6. The zero-order chi connectivity index (χ0) is 18.3. The average Bonchev–Trinajstić information content (AvgIpc) is 2.99. The Kier molecular flexibility index (Phi) is 4.11. The molecule has 0 spiro atoms. The average molecular weight is 350 g/mol. The quantitative estimate of drug-likeness (QED) is 0.714. The van der Waals surface area contributed by atoms with Crippen molar-refractivity contribution in [2.45, 2.75) is 19.8 Å². The maximum absolute atomic E-state index is 13.1. The lowest BCUT2D eigenvalue weighted by atomic mass is 9.98. The number of pyridine rings is 1. The van der Waals surface area contributed by atoms with E-state index in [4.69, 9.17) is 0 Å². The number of piperidine rings is 1. The monoisotopic (exact) mass is 350 g/mol. The number of hydrogen-bond acceptors (Lipinski definition) is 3. The van der Waals surface area contributed by atoms with Gasteiger partial charge in [0.25, 0.3) is 11.5 Å². The topological polar surface area (TPSA) is 60.1 Å². The number of nitrogens with zero attached hydrogens (tertiary/aromatic N) is 4. The zero-order valence-electron chi connectivity index (χ0n) is 15.1. The van der Waals surface area contributed by atoms with Gasteiger partial charge in [0.2, 0.25) is 0 Å². The van der Waals surface area contributed by atoms with Gasteiger partial charge < -0.3 is 9.47 Å². The van der Waals surface area contributed by atoms with Crippen molar-refractivity contribution in [3.63, 3.8) is 0 Å². The maximum Gasteiger partial charge on any atom is 0.282 e. The van der Waals surface area contributed by atoms with Crippen LogP contribution >= 0.6 is 0 Å². The Bertz CT molecular complexity index is 965. The molecule has 0 aromatic heterocycles. The molecule has 1 fully saturated rings. The second-order valence-corrected chi connectivity index (χ2v) is 7.13. The number of carbonyl (C=O) groups excluding carboxylic acids is 1. The van der Waals surface area contributed by atoms with Gasteiger partial charge >= 0.3 is 0 Å². The number of amides is 1. The first-order valence-electron chi connectivity index (χ1n) is 8.98. The Balaban J connectivity index is 1.80. The molecule has 4 rings (SSSR count). The molecule has 0 unspecified atom stereocenters. The molecule has 1 aromatic rings. The number of fused-ring (bicyclic) bond motifs is 1. The molecule has 134 valence electrons. The first-order chi connectivity index (χ1) is 12.5. The number of para-hydroxylation sites is 1. The lowest BCUT2D eigenvalue weighted by molar-refractivity contribution is 0.0697. The minimum absolute atomic E-state index is 0.0455. The SMILES string of the molecule is CC1CCN(C(=O)c2cn(C)cc3c(=O)n(-c4ccccc4)nc2-3)CC1. The van der Waals surface area contributed by atoms with E-state index in [0.29, 0.717) is 28.4 Å². The zero-order valence-corrected chi connectivity index (χ0v) is 15.1. The predicted molar refractivity (Wildman–Crippen MR) is 99.7 cm³/mol. The van der Waals surface area contributed by atoms with Crippen molar-refractivity contribution < 1.29 is 4.79 Å². The van der Waals surface area contributed by atoms with Crippen LogP contribution in [0.3, 0.4) is 0 Å². The van der Waals surface area contributed by atoms with E-state index in [-0.39, 0.29) is 11.5 Å². The van der Waals surface area contributed by atoms with Crippen molar-refractivity contribution in [3.8, 4) is 16.9 Å². The summed E-state index contributed by atoms with van der Waals surface area (Å²) >= 11 is 0. The molecule has 1 amide bonds. The van der Waals surface area contributed by atoms with Crippen molar-refractivity contribution >= 4 is 5.91 Å². The smallest absolute Gasteiger partial charge is 0.282 e. The number of hydrogen-bond donors (Lipinski definition) is 0. The van der Waals surface area contributed by atoms with Crippen molar-refractivity contribution in [1.82, 2.24) is 19.2 Å². The van der Waals surface area contributed by atoms with E-state index >= 15 is 0 Å². The fourth-order valence-corrected chi connectivity index (χ4v) is 3.52. The van der Waals surface area contributed by atoms with Crippen LogP contribution in [-0.2, 0) is 7.05 Å². The molecule has 26 heavy (non-hydrogen) atoms. The van der Waals surface area contributed by atoms with Crippen LogP contribution in [0, 0.1) is 5.92 Å². The largest absolute Gasteiger partial charge is 0.356 e. The van der Waals surface area contributed by atoms with Crippen molar-refractivity contribution in [2.75, 3.05) is 13.1 Å². The highest BCUT2D eigenvalue weighted by Gasteiger charge is 2.28. The van der Waals surface area contributed by atoms with Gasteiger partial charge in [0, 0.05) is 32.5 Å². The van der Waals surface area contributed by atoms with Crippen LogP contribution in [0.5, 0.6) is 0 Å².